The Labute approximate surface area is 106 Å². The molecule has 0 aromatic heterocycles. The molecule has 1 aliphatic carbocycles. The summed E-state index contributed by atoms with van der Waals surface area (Å²) in [6.45, 7) is 3.57. The van der Waals surface area contributed by atoms with Gasteiger partial charge in [0.15, 0.2) is 0 Å². The van der Waals surface area contributed by atoms with E-state index in [1.54, 1.807) is 25.1 Å². The molecular formula is C12H16ClNO3. The summed E-state index contributed by atoms with van der Waals surface area (Å²) >= 11 is 6.05. The van der Waals surface area contributed by atoms with Gasteiger partial charge in [-0.15, -0.1) is 0 Å². The van der Waals surface area contributed by atoms with Crippen LogP contribution in [-0.2, 0) is 14.3 Å². The SMILES string of the molecule is C=C/C=C1/C(=O)C(Cl)=C(N(C)C)C1(OC)OC. The minimum Gasteiger partial charge on any atom is -0.375 e. The van der Waals surface area contributed by atoms with E-state index in [1.807, 2.05) is 0 Å². The Kier molecular flexibility index (Phi) is 4.14. The standard InChI is InChI=1S/C12H16ClNO3/c1-6-7-8-10(15)9(13)11(14(2)3)12(8,16-4)17-5/h6-7H,1H2,2-5H3/b8-7-. The van der Waals surface area contributed by atoms with Crippen LogP contribution in [0.1, 0.15) is 0 Å². The van der Waals surface area contributed by atoms with E-state index in [0.717, 1.165) is 0 Å². The third kappa shape index (κ3) is 1.92. The Morgan fingerprint density at radius 2 is 1.88 bits per heavy atom. The molecule has 0 fully saturated rings. The Bertz CT molecular complexity index is 406. The number of methoxy groups -OCH3 is 2. The molecule has 0 N–H and O–H groups in total. The Hall–Kier alpha value is -1.10. The zero-order valence-electron chi connectivity index (χ0n) is 10.4. The highest BCUT2D eigenvalue weighted by Gasteiger charge is 2.52. The van der Waals surface area contributed by atoms with Crippen molar-refractivity contribution in [2.45, 2.75) is 5.79 Å². The topological polar surface area (TPSA) is 38.8 Å². The second-order valence-electron chi connectivity index (χ2n) is 3.73. The fraction of sp³-hybridized carbons (Fsp3) is 0.417. The molecule has 0 saturated heterocycles. The van der Waals surface area contributed by atoms with E-state index >= 15 is 0 Å². The van der Waals surface area contributed by atoms with Crippen molar-refractivity contribution in [1.82, 2.24) is 4.90 Å². The van der Waals surface area contributed by atoms with Gasteiger partial charge < -0.3 is 14.4 Å². The van der Waals surface area contributed by atoms with Gasteiger partial charge in [0.25, 0.3) is 0 Å². The average Bonchev–Trinajstić information content (AvgIpc) is 2.51. The smallest absolute Gasteiger partial charge is 0.242 e. The van der Waals surface area contributed by atoms with Gasteiger partial charge in [-0.1, -0.05) is 24.3 Å². The lowest BCUT2D eigenvalue weighted by molar-refractivity contribution is -0.159. The molecule has 0 radical (unpaired) electrons. The summed E-state index contributed by atoms with van der Waals surface area (Å²) in [7, 11) is 6.47. The quantitative estimate of drug-likeness (QED) is 0.567. The number of ether oxygens (including phenoxy) is 2. The molecule has 0 spiro atoms. The van der Waals surface area contributed by atoms with Gasteiger partial charge in [0.2, 0.25) is 11.6 Å². The number of carbonyl (C=O) groups excluding carboxylic acids is 1. The van der Waals surface area contributed by atoms with Crippen LogP contribution in [0, 0.1) is 0 Å². The van der Waals surface area contributed by atoms with Crippen LogP contribution >= 0.6 is 11.6 Å². The number of hydrogen-bond acceptors (Lipinski definition) is 4. The van der Waals surface area contributed by atoms with Crippen LogP contribution in [0.2, 0.25) is 0 Å². The number of carbonyl (C=O) groups is 1. The summed E-state index contributed by atoms with van der Waals surface area (Å²) in [6.07, 6.45) is 3.05. The van der Waals surface area contributed by atoms with Crippen molar-refractivity contribution in [2.75, 3.05) is 28.3 Å². The Morgan fingerprint density at radius 3 is 2.24 bits per heavy atom. The number of likely N-dealkylation sites (N-methyl/N-ethyl adjacent to an activating group) is 1. The summed E-state index contributed by atoms with van der Waals surface area (Å²) in [5, 5.41) is 0.104. The third-order valence-electron chi connectivity index (χ3n) is 2.62. The lowest BCUT2D eigenvalue weighted by Crippen LogP contribution is -2.41. The van der Waals surface area contributed by atoms with Crippen LogP contribution in [0.4, 0.5) is 0 Å². The van der Waals surface area contributed by atoms with E-state index in [9.17, 15) is 4.79 Å². The van der Waals surface area contributed by atoms with Crippen LogP contribution in [0.25, 0.3) is 0 Å². The second kappa shape index (κ2) is 5.04. The molecule has 1 rings (SSSR count). The van der Waals surface area contributed by atoms with Gasteiger partial charge in [-0.2, -0.15) is 0 Å². The molecule has 0 unspecified atom stereocenters. The normalized spacial score (nSPS) is 21.2. The lowest BCUT2D eigenvalue weighted by Gasteiger charge is -2.33. The molecule has 94 valence electrons. The highest BCUT2D eigenvalue weighted by atomic mass is 35.5. The van der Waals surface area contributed by atoms with Crippen LogP contribution in [0.5, 0.6) is 0 Å². The fourth-order valence-corrected chi connectivity index (χ4v) is 2.33. The first-order valence-corrected chi connectivity index (χ1v) is 5.39. The minimum absolute atomic E-state index is 0.104. The highest BCUT2D eigenvalue weighted by molar-refractivity contribution is 6.47. The first-order valence-electron chi connectivity index (χ1n) is 5.02. The molecular weight excluding hydrogens is 242 g/mol. The minimum atomic E-state index is -1.26. The molecule has 5 heteroatoms. The van der Waals surface area contributed by atoms with E-state index in [4.69, 9.17) is 21.1 Å². The average molecular weight is 258 g/mol. The van der Waals surface area contributed by atoms with Gasteiger partial charge >= 0.3 is 0 Å². The molecule has 1 aliphatic rings. The van der Waals surface area contributed by atoms with Gasteiger partial charge in [-0.25, -0.2) is 0 Å². The summed E-state index contributed by atoms with van der Waals surface area (Å²) in [5.41, 5.74) is 0.813. The van der Waals surface area contributed by atoms with Gasteiger partial charge in [0, 0.05) is 28.3 Å². The molecule has 17 heavy (non-hydrogen) atoms. The van der Waals surface area contributed by atoms with Crippen LogP contribution in [-0.4, -0.2) is 44.8 Å². The maximum atomic E-state index is 12.1. The first kappa shape index (κ1) is 14.0. The monoisotopic (exact) mass is 257 g/mol. The van der Waals surface area contributed by atoms with E-state index in [2.05, 4.69) is 6.58 Å². The van der Waals surface area contributed by atoms with Crippen LogP contribution < -0.4 is 0 Å². The molecule has 0 heterocycles. The van der Waals surface area contributed by atoms with E-state index in [1.165, 1.54) is 20.3 Å². The third-order valence-corrected chi connectivity index (χ3v) is 2.98. The molecule has 0 atom stereocenters. The molecule has 0 saturated carbocycles. The lowest BCUT2D eigenvalue weighted by atomic mass is 10.1. The summed E-state index contributed by atoms with van der Waals surface area (Å²) in [6, 6.07) is 0. The second-order valence-corrected chi connectivity index (χ2v) is 4.10. The maximum Gasteiger partial charge on any atom is 0.242 e. The summed E-state index contributed by atoms with van der Waals surface area (Å²) in [4.78, 5) is 13.8. The molecule has 4 nitrogen and oxygen atoms in total. The number of nitrogens with zero attached hydrogens (tertiary/aromatic N) is 1. The van der Waals surface area contributed by atoms with Crippen molar-refractivity contribution in [3.63, 3.8) is 0 Å². The molecule has 0 aliphatic heterocycles. The van der Waals surface area contributed by atoms with Gasteiger partial charge in [-0.3, -0.25) is 4.79 Å². The van der Waals surface area contributed by atoms with Crippen LogP contribution in [0.3, 0.4) is 0 Å². The van der Waals surface area contributed by atoms with Crippen LogP contribution in [0.15, 0.2) is 35.0 Å². The van der Waals surface area contributed by atoms with Crippen molar-refractivity contribution in [3.8, 4) is 0 Å². The predicted molar refractivity (Wildman–Crippen MR) is 66.6 cm³/mol. The largest absolute Gasteiger partial charge is 0.375 e. The van der Waals surface area contributed by atoms with Gasteiger partial charge in [0.05, 0.1) is 5.57 Å². The molecule has 0 aromatic rings. The zero-order valence-corrected chi connectivity index (χ0v) is 11.2. The number of halogens is 1. The van der Waals surface area contributed by atoms with Crippen molar-refractivity contribution >= 4 is 17.4 Å². The Morgan fingerprint density at radius 1 is 1.35 bits per heavy atom. The number of ketones is 1. The zero-order chi connectivity index (χ0) is 13.2. The van der Waals surface area contributed by atoms with E-state index < -0.39 is 5.79 Å². The van der Waals surface area contributed by atoms with E-state index in [0.29, 0.717) is 11.3 Å². The number of rotatable bonds is 4. The van der Waals surface area contributed by atoms with Crippen molar-refractivity contribution < 1.29 is 14.3 Å². The summed E-state index contributed by atoms with van der Waals surface area (Å²) < 4.78 is 10.8. The van der Waals surface area contributed by atoms with Crippen molar-refractivity contribution in [3.05, 3.63) is 35.0 Å². The van der Waals surface area contributed by atoms with Gasteiger partial charge in [0.1, 0.15) is 10.7 Å². The number of Topliss-reactive ketones (excluding diaryl/α,β-unsaturated/α-hetero) is 1. The molecule has 0 aromatic carbocycles. The number of hydrogen-bond donors (Lipinski definition) is 0. The highest BCUT2D eigenvalue weighted by Crippen LogP contribution is 2.43. The van der Waals surface area contributed by atoms with Crippen molar-refractivity contribution in [2.24, 2.45) is 0 Å². The van der Waals surface area contributed by atoms with Crippen molar-refractivity contribution in [1.29, 1.82) is 0 Å². The molecule has 0 amide bonds. The Balaban J connectivity index is 3.51. The first-order chi connectivity index (χ1) is 7.96. The van der Waals surface area contributed by atoms with E-state index in [-0.39, 0.29) is 10.8 Å². The van der Waals surface area contributed by atoms with Gasteiger partial charge in [-0.05, 0) is 6.08 Å². The maximum absolute atomic E-state index is 12.1. The summed E-state index contributed by atoms with van der Waals surface area (Å²) in [5.74, 6) is -1.56. The number of allylic oxidation sites excluding steroid dienone is 3. The predicted octanol–water partition coefficient (Wildman–Crippen LogP) is 1.68. The fourth-order valence-electron chi connectivity index (χ4n) is 1.94. The molecule has 0 bridgehead atoms.